The molecule has 0 bridgehead atoms. The van der Waals surface area contributed by atoms with Crippen molar-refractivity contribution < 1.29 is 14.0 Å². The first-order valence-corrected chi connectivity index (χ1v) is 8.94. The van der Waals surface area contributed by atoms with Gasteiger partial charge in [0.1, 0.15) is 11.5 Å². The quantitative estimate of drug-likeness (QED) is 0.725. The highest BCUT2D eigenvalue weighted by atomic mass is 19.1. The number of nitrogens with zero attached hydrogens (tertiary/aromatic N) is 2. The number of nitrogens with one attached hydrogen (secondary N) is 2. The third-order valence-electron chi connectivity index (χ3n) is 4.99. The number of halogens is 1. The predicted molar refractivity (Wildman–Crippen MR) is 100 cm³/mol. The van der Waals surface area contributed by atoms with Crippen LogP contribution in [0, 0.1) is 12.7 Å². The monoisotopic (exact) mass is 373 g/mol. The molecule has 1 aliphatic rings. The van der Waals surface area contributed by atoms with Gasteiger partial charge in [-0.05, 0) is 55.9 Å². The summed E-state index contributed by atoms with van der Waals surface area (Å²) >= 11 is 0. The van der Waals surface area contributed by atoms with Crippen LogP contribution in [-0.4, -0.2) is 27.3 Å². The van der Waals surface area contributed by atoms with E-state index in [4.69, 9.17) is 5.73 Å². The van der Waals surface area contributed by atoms with Gasteiger partial charge in [-0.25, -0.2) is 9.18 Å². The zero-order valence-corrected chi connectivity index (χ0v) is 15.7. The van der Waals surface area contributed by atoms with Gasteiger partial charge in [0.05, 0.1) is 11.4 Å². The van der Waals surface area contributed by atoms with Crippen LogP contribution in [0.4, 0.5) is 14.9 Å². The zero-order chi connectivity index (χ0) is 19.8. The van der Waals surface area contributed by atoms with Crippen molar-refractivity contribution in [1.29, 1.82) is 0 Å². The highest BCUT2D eigenvalue weighted by Gasteiger charge is 2.44. The highest BCUT2D eigenvalue weighted by Crippen LogP contribution is 2.39. The lowest BCUT2D eigenvalue weighted by Crippen LogP contribution is -2.41. The number of aromatic nitrogens is 2. The van der Waals surface area contributed by atoms with Crippen LogP contribution < -0.4 is 16.4 Å². The van der Waals surface area contributed by atoms with Gasteiger partial charge in [-0.15, -0.1) is 0 Å². The van der Waals surface area contributed by atoms with E-state index in [2.05, 4.69) is 15.7 Å². The van der Waals surface area contributed by atoms with Gasteiger partial charge in [0.15, 0.2) is 0 Å². The molecule has 7 nitrogen and oxygen atoms in total. The highest BCUT2D eigenvalue weighted by molar-refractivity contribution is 6.02. The Hall–Kier alpha value is -2.90. The minimum Gasteiger partial charge on any atom is -0.364 e. The summed E-state index contributed by atoms with van der Waals surface area (Å²) < 4.78 is 14.7. The summed E-state index contributed by atoms with van der Waals surface area (Å²) in [5, 5.41) is 9.98. The molecule has 1 fully saturated rings. The summed E-state index contributed by atoms with van der Waals surface area (Å²) in [5.74, 6) is -0.919. The molecule has 2 aromatic rings. The van der Waals surface area contributed by atoms with Gasteiger partial charge in [-0.1, -0.05) is 13.0 Å². The van der Waals surface area contributed by atoms with Crippen LogP contribution in [0.25, 0.3) is 0 Å². The Morgan fingerprint density at radius 1 is 1.37 bits per heavy atom. The molecule has 1 aromatic carbocycles. The predicted octanol–water partition coefficient (Wildman–Crippen LogP) is 2.43. The van der Waals surface area contributed by atoms with Crippen LogP contribution in [0.2, 0.25) is 0 Å². The maximum atomic E-state index is 13.3. The molecule has 1 heterocycles. The van der Waals surface area contributed by atoms with E-state index in [1.54, 1.807) is 13.1 Å². The van der Waals surface area contributed by atoms with Crippen LogP contribution >= 0.6 is 0 Å². The molecular weight excluding hydrogens is 349 g/mol. The van der Waals surface area contributed by atoms with Crippen LogP contribution in [0.5, 0.6) is 0 Å². The lowest BCUT2D eigenvalue weighted by molar-refractivity contribution is 0.0992. The first-order chi connectivity index (χ1) is 12.7. The Kier molecular flexibility index (Phi) is 4.91. The van der Waals surface area contributed by atoms with E-state index >= 15 is 0 Å². The van der Waals surface area contributed by atoms with E-state index in [-0.39, 0.29) is 17.1 Å². The number of nitrogens with two attached hydrogens (primary N) is 1. The lowest BCUT2D eigenvalue weighted by Gasteiger charge is -2.19. The maximum absolute atomic E-state index is 13.3. The molecule has 27 heavy (non-hydrogen) atoms. The molecule has 4 N–H and O–H groups in total. The molecule has 1 aliphatic carbocycles. The fourth-order valence-corrected chi connectivity index (χ4v) is 3.35. The van der Waals surface area contributed by atoms with Gasteiger partial charge in [0.2, 0.25) is 0 Å². The van der Waals surface area contributed by atoms with E-state index < -0.39 is 11.9 Å². The molecular formula is C19H24FN5O2. The number of carbonyl (C=O) groups excluding carboxylic acids is 2. The van der Waals surface area contributed by atoms with Crippen molar-refractivity contribution in [3.8, 4) is 0 Å². The van der Waals surface area contributed by atoms with E-state index in [1.807, 2.05) is 13.8 Å². The second-order valence-electron chi connectivity index (χ2n) is 7.12. The summed E-state index contributed by atoms with van der Waals surface area (Å²) in [7, 11) is 1.61. The van der Waals surface area contributed by atoms with Crippen molar-refractivity contribution >= 4 is 17.6 Å². The summed E-state index contributed by atoms with van der Waals surface area (Å²) in [4.78, 5) is 24.3. The number of anilines is 1. The Morgan fingerprint density at radius 3 is 2.63 bits per heavy atom. The molecule has 144 valence electrons. The smallest absolute Gasteiger partial charge is 0.319 e. The molecule has 8 heteroatoms. The van der Waals surface area contributed by atoms with Crippen molar-refractivity contribution in [2.24, 2.45) is 12.8 Å². The number of benzene rings is 1. The summed E-state index contributed by atoms with van der Waals surface area (Å²) in [6.07, 6.45) is 2.86. The van der Waals surface area contributed by atoms with E-state index in [1.165, 1.54) is 16.8 Å². The van der Waals surface area contributed by atoms with Crippen molar-refractivity contribution in [3.05, 3.63) is 46.5 Å². The van der Waals surface area contributed by atoms with Gasteiger partial charge in [0, 0.05) is 12.6 Å². The normalized spacial score (nSPS) is 14.7. The van der Waals surface area contributed by atoms with Gasteiger partial charge in [0.25, 0.3) is 5.91 Å². The molecule has 0 saturated heterocycles. The fourth-order valence-electron chi connectivity index (χ4n) is 3.35. The number of aryl methyl sites for hydroxylation is 3. The fraction of sp³-hybridized carbons (Fsp3) is 0.421. The van der Waals surface area contributed by atoms with Crippen molar-refractivity contribution in [3.63, 3.8) is 0 Å². The first kappa shape index (κ1) is 18.9. The summed E-state index contributed by atoms with van der Waals surface area (Å²) in [5.41, 5.74) is 8.05. The Bertz CT molecular complexity index is 902. The van der Waals surface area contributed by atoms with Crippen molar-refractivity contribution in [2.75, 3.05) is 5.32 Å². The third kappa shape index (κ3) is 3.94. The SMILES string of the molecule is CCc1nn(C)c(C(N)=O)c1NC(=O)NC1(Cc2ccc(F)cc2C)CC1. The third-order valence-corrected chi connectivity index (χ3v) is 4.99. The number of hydrogen-bond acceptors (Lipinski definition) is 3. The number of rotatable bonds is 6. The molecule has 0 radical (unpaired) electrons. The number of primary amides is 1. The van der Waals surface area contributed by atoms with Crippen LogP contribution in [0.3, 0.4) is 0 Å². The number of amides is 3. The topological polar surface area (TPSA) is 102 Å². The molecule has 3 rings (SSSR count). The van der Waals surface area contributed by atoms with Crippen molar-refractivity contribution in [2.45, 2.75) is 45.1 Å². The largest absolute Gasteiger partial charge is 0.364 e. The second-order valence-corrected chi connectivity index (χ2v) is 7.12. The molecule has 0 atom stereocenters. The van der Waals surface area contributed by atoms with E-state index in [0.29, 0.717) is 24.2 Å². The zero-order valence-electron chi connectivity index (χ0n) is 15.7. The van der Waals surface area contributed by atoms with Gasteiger partial charge < -0.3 is 16.4 Å². The van der Waals surface area contributed by atoms with Crippen LogP contribution in [0.1, 0.15) is 47.1 Å². The van der Waals surface area contributed by atoms with Gasteiger partial charge in [-0.3, -0.25) is 9.48 Å². The summed E-state index contributed by atoms with van der Waals surface area (Å²) in [6.45, 7) is 3.74. The molecule has 3 amide bonds. The molecule has 0 spiro atoms. The van der Waals surface area contributed by atoms with E-state index in [0.717, 1.165) is 24.0 Å². The second kappa shape index (κ2) is 7.02. The van der Waals surface area contributed by atoms with Gasteiger partial charge >= 0.3 is 6.03 Å². The van der Waals surface area contributed by atoms with E-state index in [9.17, 15) is 14.0 Å². The average molecular weight is 373 g/mol. The number of urea groups is 1. The number of carbonyl (C=O) groups is 2. The van der Waals surface area contributed by atoms with Crippen LogP contribution in [-0.2, 0) is 19.9 Å². The number of hydrogen-bond donors (Lipinski definition) is 3. The lowest BCUT2D eigenvalue weighted by atomic mass is 9.99. The first-order valence-electron chi connectivity index (χ1n) is 8.94. The standard InChI is InChI=1S/C19H24FN5O2/c1-4-14-15(16(17(21)26)25(3)24-14)22-18(27)23-19(7-8-19)10-12-5-6-13(20)9-11(12)2/h5-6,9H,4,7-8,10H2,1-3H3,(H2,21,26)(H2,22,23,27). The van der Waals surface area contributed by atoms with Gasteiger partial charge in [-0.2, -0.15) is 5.10 Å². The minimum absolute atomic E-state index is 0.168. The Labute approximate surface area is 157 Å². The molecule has 0 unspecified atom stereocenters. The maximum Gasteiger partial charge on any atom is 0.319 e. The Balaban J connectivity index is 1.74. The molecule has 0 aliphatic heterocycles. The minimum atomic E-state index is -0.650. The molecule has 1 aromatic heterocycles. The molecule has 1 saturated carbocycles. The Morgan fingerprint density at radius 2 is 2.07 bits per heavy atom. The summed E-state index contributed by atoms with van der Waals surface area (Å²) in [6, 6.07) is 4.28. The van der Waals surface area contributed by atoms with Crippen molar-refractivity contribution in [1.82, 2.24) is 15.1 Å². The van der Waals surface area contributed by atoms with Crippen LogP contribution in [0.15, 0.2) is 18.2 Å². The average Bonchev–Trinajstić information content (AvgIpc) is 3.25.